The molecule has 41 heavy (non-hydrogen) atoms. The summed E-state index contributed by atoms with van der Waals surface area (Å²) in [7, 11) is 1.45. The topological polar surface area (TPSA) is 45.3 Å². The third kappa shape index (κ3) is 5.20. The van der Waals surface area contributed by atoms with Crippen molar-refractivity contribution in [3.8, 4) is 0 Å². The number of hydrogen-bond donors (Lipinski definition) is 1. The molecule has 0 aliphatic carbocycles. The summed E-state index contributed by atoms with van der Waals surface area (Å²) in [5, 5.41) is 1.12. The highest BCUT2D eigenvalue weighted by atomic mass is 16.5. The van der Waals surface area contributed by atoms with Crippen LogP contribution in [0.25, 0.3) is 10.9 Å². The fraction of sp³-hybridized carbons (Fsp3) is 0.270. The zero-order valence-corrected chi connectivity index (χ0v) is 23.8. The Hall–Kier alpha value is -4.15. The number of fused-ring (bicyclic) bond motifs is 1. The minimum absolute atomic E-state index is 0.293. The van der Waals surface area contributed by atoms with Crippen LogP contribution in [0, 0.1) is 5.92 Å². The van der Waals surface area contributed by atoms with Gasteiger partial charge in [0.25, 0.3) is 0 Å². The average molecular weight is 543 g/mol. The van der Waals surface area contributed by atoms with E-state index in [1.165, 1.54) is 36.6 Å². The van der Waals surface area contributed by atoms with Crippen LogP contribution in [-0.2, 0) is 16.7 Å². The van der Waals surface area contributed by atoms with Crippen LogP contribution in [-0.4, -0.2) is 36.1 Å². The Morgan fingerprint density at radius 1 is 0.829 bits per heavy atom. The number of ether oxygens (including phenoxy) is 1. The number of rotatable bonds is 9. The zero-order valence-electron chi connectivity index (χ0n) is 23.8. The minimum atomic E-state index is -0.364. The lowest BCUT2D eigenvalue weighted by molar-refractivity contribution is 0.0593. The first-order valence-corrected chi connectivity index (χ1v) is 14.8. The van der Waals surface area contributed by atoms with Crippen molar-refractivity contribution in [2.24, 2.45) is 5.92 Å². The first kappa shape index (κ1) is 27.0. The normalized spacial score (nSPS) is 16.1. The molecule has 4 aromatic carbocycles. The summed E-state index contributed by atoms with van der Waals surface area (Å²) in [6.07, 6.45) is 5.39. The van der Waals surface area contributed by atoms with Crippen LogP contribution in [0.5, 0.6) is 0 Å². The molecule has 1 unspecified atom stereocenters. The number of carbonyl (C=O) groups excluding carboxylic acids is 1. The minimum Gasteiger partial charge on any atom is -0.464 e. The molecule has 1 atom stereocenters. The van der Waals surface area contributed by atoms with Gasteiger partial charge in [-0.25, -0.2) is 4.79 Å². The summed E-state index contributed by atoms with van der Waals surface area (Å²) in [4.78, 5) is 18.6. The van der Waals surface area contributed by atoms with Crippen molar-refractivity contribution >= 4 is 16.9 Å². The number of aromatic nitrogens is 1. The number of carbonyl (C=O) groups is 1. The molecule has 1 aliphatic rings. The number of hydrogen-bond acceptors (Lipinski definition) is 3. The molecule has 1 saturated heterocycles. The van der Waals surface area contributed by atoms with Gasteiger partial charge in [-0.2, -0.15) is 0 Å². The Labute approximate surface area is 243 Å². The van der Waals surface area contributed by atoms with Crippen molar-refractivity contribution in [1.82, 2.24) is 9.88 Å². The lowest BCUT2D eigenvalue weighted by Crippen LogP contribution is -2.52. The van der Waals surface area contributed by atoms with Gasteiger partial charge in [-0.15, -0.1) is 0 Å². The zero-order chi connectivity index (χ0) is 28.1. The largest absolute Gasteiger partial charge is 0.464 e. The number of esters is 1. The van der Waals surface area contributed by atoms with Gasteiger partial charge in [0.15, 0.2) is 0 Å². The maximum absolute atomic E-state index is 12.6. The third-order valence-corrected chi connectivity index (χ3v) is 8.81. The van der Waals surface area contributed by atoms with Crippen LogP contribution in [0.2, 0.25) is 0 Å². The predicted octanol–water partition coefficient (Wildman–Crippen LogP) is 7.98. The van der Waals surface area contributed by atoms with Crippen molar-refractivity contribution in [2.75, 3.05) is 20.2 Å². The van der Waals surface area contributed by atoms with Crippen molar-refractivity contribution in [3.05, 3.63) is 143 Å². The lowest BCUT2D eigenvalue weighted by atomic mass is 9.74. The van der Waals surface area contributed by atoms with Gasteiger partial charge in [0, 0.05) is 17.4 Å². The van der Waals surface area contributed by atoms with E-state index in [0.717, 1.165) is 48.8 Å². The predicted molar refractivity (Wildman–Crippen MR) is 166 cm³/mol. The van der Waals surface area contributed by atoms with Gasteiger partial charge < -0.3 is 9.72 Å². The summed E-state index contributed by atoms with van der Waals surface area (Å²) >= 11 is 0. The molecule has 0 saturated carbocycles. The molecule has 4 heteroatoms. The first-order valence-electron chi connectivity index (χ1n) is 14.8. The number of nitrogens with one attached hydrogen (secondary N) is 1. The SMILES string of the molecule is COC(=O)c1[nH]c2ccccc2c1CCCC1CCCN(C(c2ccccc2)(c2ccccc2)c2ccccc2)C1. The highest BCUT2D eigenvalue weighted by molar-refractivity contribution is 5.98. The van der Waals surface area contributed by atoms with Crippen LogP contribution in [0.3, 0.4) is 0 Å². The molecule has 0 bridgehead atoms. The summed E-state index contributed by atoms with van der Waals surface area (Å²) in [6, 6.07) is 41.2. The number of aromatic amines is 1. The molecule has 1 aromatic heterocycles. The van der Waals surface area contributed by atoms with E-state index in [-0.39, 0.29) is 11.5 Å². The Bertz CT molecular complexity index is 1480. The van der Waals surface area contributed by atoms with Gasteiger partial charge in [-0.3, -0.25) is 4.90 Å². The fourth-order valence-corrected chi connectivity index (χ4v) is 6.99. The molecule has 0 amide bonds. The second-order valence-electron chi connectivity index (χ2n) is 11.2. The molecule has 0 spiro atoms. The van der Waals surface area contributed by atoms with Crippen LogP contribution in [0.1, 0.15) is 58.4 Å². The van der Waals surface area contributed by atoms with E-state index in [2.05, 4.69) is 107 Å². The van der Waals surface area contributed by atoms with Gasteiger partial charge in [0.2, 0.25) is 0 Å². The monoisotopic (exact) mass is 542 g/mol. The van der Waals surface area contributed by atoms with Gasteiger partial charge in [-0.1, -0.05) is 109 Å². The van der Waals surface area contributed by atoms with Crippen molar-refractivity contribution < 1.29 is 9.53 Å². The number of aryl methyl sites for hydroxylation is 1. The Kier molecular flexibility index (Phi) is 8.02. The highest BCUT2D eigenvalue weighted by Gasteiger charge is 2.43. The van der Waals surface area contributed by atoms with E-state index < -0.39 is 0 Å². The summed E-state index contributed by atoms with van der Waals surface area (Å²) in [5.41, 5.74) is 6.21. The van der Waals surface area contributed by atoms with Crippen molar-refractivity contribution in [3.63, 3.8) is 0 Å². The average Bonchev–Trinajstić information content (AvgIpc) is 3.41. The molecule has 1 N–H and O–H groups in total. The fourth-order valence-electron chi connectivity index (χ4n) is 6.99. The van der Waals surface area contributed by atoms with Crippen LogP contribution in [0.4, 0.5) is 0 Å². The molecular formula is C37H38N2O2. The van der Waals surface area contributed by atoms with Gasteiger partial charge in [0.05, 0.1) is 12.6 Å². The molecule has 4 nitrogen and oxygen atoms in total. The van der Waals surface area contributed by atoms with Crippen molar-refractivity contribution in [2.45, 2.75) is 37.6 Å². The summed E-state index contributed by atoms with van der Waals surface area (Å²) in [6.45, 7) is 2.07. The second-order valence-corrected chi connectivity index (χ2v) is 11.2. The van der Waals surface area contributed by atoms with Crippen LogP contribution >= 0.6 is 0 Å². The molecular weight excluding hydrogens is 504 g/mol. The van der Waals surface area contributed by atoms with E-state index in [1.54, 1.807) is 0 Å². The van der Waals surface area contributed by atoms with E-state index in [0.29, 0.717) is 11.6 Å². The van der Waals surface area contributed by atoms with Crippen molar-refractivity contribution in [1.29, 1.82) is 0 Å². The van der Waals surface area contributed by atoms with Gasteiger partial charge >= 0.3 is 5.97 Å². The number of para-hydroxylation sites is 1. The molecule has 5 aromatic rings. The number of H-pyrrole nitrogens is 1. The van der Waals surface area contributed by atoms with E-state index in [1.807, 2.05) is 18.2 Å². The number of nitrogens with zero attached hydrogens (tertiary/aromatic N) is 1. The summed E-state index contributed by atoms with van der Waals surface area (Å²) in [5.74, 6) is 0.282. The number of methoxy groups -OCH3 is 1. The molecule has 208 valence electrons. The van der Waals surface area contributed by atoms with Gasteiger partial charge in [0.1, 0.15) is 5.69 Å². The Balaban J connectivity index is 1.30. The Morgan fingerprint density at radius 2 is 1.39 bits per heavy atom. The smallest absolute Gasteiger partial charge is 0.354 e. The standard InChI is InChI=1S/C37H38N2O2/c1-41-36(40)35-33(32-23-11-12-25-34(32)38-35)24-13-15-28-16-14-26-39(27-28)37(29-17-5-2-6-18-29,30-19-7-3-8-20-30)31-21-9-4-10-22-31/h2-12,17-23,25,28,38H,13-16,24,26-27H2,1H3. The van der Waals surface area contributed by atoms with Crippen LogP contribution < -0.4 is 0 Å². The van der Waals surface area contributed by atoms with Crippen LogP contribution in [0.15, 0.2) is 115 Å². The maximum Gasteiger partial charge on any atom is 0.354 e. The quantitative estimate of drug-likeness (QED) is 0.152. The van der Waals surface area contributed by atoms with E-state index in [4.69, 9.17) is 4.74 Å². The highest BCUT2D eigenvalue weighted by Crippen LogP contribution is 2.44. The first-order chi connectivity index (χ1) is 20.2. The Morgan fingerprint density at radius 3 is 1.98 bits per heavy atom. The molecule has 0 radical (unpaired) electrons. The number of benzene rings is 4. The maximum atomic E-state index is 12.6. The second kappa shape index (κ2) is 12.2. The lowest BCUT2D eigenvalue weighted by Gasteiger charge is -2.49. The third-order valence-electron chi connectivity index (χ3n) is 8.81. The van der Waals surface area contributed by atoms with E-state index in [9.17, 15) is 4.79 Å². The summed E-state index contributed by atoms with van der Waals surface area (Å²) < 4.78 is 5.10. The molecule has 6 rings (SSSR count). The number of likely N-dealkylation sites (tertiary alicyclic amines) is 1. The van der Waals surface area contributed by atoms with E-state index >= 15 is 0 Å². The number of piperidine rings is 1. The van der Waals surface area contributed by atoms with Gasteiger partial charge in [-0.05, 0) is 72.9 Å². The molecule has 2 heterocycles. The molecule has 1 fully saturated rings. The molecule has 1 aliphatic heterocycles.